The lowest BCUT2D eigenvalue weighted by atomic mass is 9.52. The molecule has 1 aromatic carbocycles. The van der Waals surface area contributed by atoms with Crippen molar-refractivity contribution in [2.75, 3.05) is 12.3 Å². The van der Waals surface area contributed by atoms with E-state index < -0.39 is 57.5 Å². The molecule has 31 heavy (non-hydrogen) atoms. The van der Waals surface area contributed by atoms with E-state index in [1.807, 2.05) is 0 Å². The first kappa shape index (κ1) is 20.8. The molecule has 0 saturated heterocycles. The quantitative estimate of drug-likeness (QED) is 0.150. The van der Waals surface area contributed by atoms with E-state index >= 15 is 0 Å². The van der Waals surface area contributed by atoms with Crippen molar-refractivity contribution in [3.63, 3.8) is 0 Å². The fourth-order valence-electron chi connectivity index (χ4n) is 5.18. The maximum Gasteiger partial charge on any atom is 0.255 e. The molecule has 1 saturated carbocycles. The van der Waals surface area contributed by atoms with Crippen molar-refractivity contribution in [2.24, 2.45) is 28.5 Å². The number of carbonyl (C=O) groups excluding carboxylic acids is 3. The van der Waals surface area contributed by atoms with Crippen LogP contribution in [0.1, 0.15) is 17.5 Å². The van der Waals surface area contributed by atoms with Crippen molar-refractivity contribution < 1.29 is 34.8 Å². The van der Waals surface area contributed by atoms with Gasteiger partial charge in [-0.05, 0) is 30.5 Å². The Bertz CT molecular complexity index is 1140. The number of carbonyl (C=O) groups is 3. The van der Waals surface area contributed by atoms with Crippen molar-refractivity contribution in [2.45, 2.75) is 24.5 Å². The second-order valence-electron chi connectivity index (χ2n) is 8.30. The SMILES string of the molecule is NC[C@@]12Cc3c(N)ccc(O)c3C(O)=C1C(=O)[C@]1(O)C(O)=C(C(N)=O)C(=O)[C@@H](N)[C@@H]1C2. The zero-order chi connectivity index (χ0) is 23.0. The summed E-state index contributed by atoms with van der Waals surface area (Å²) in [6.07, 6.45) is -0.187. The van der Waals surface area contributed by atoms with Crippen LogP contribution in [0.4, 0.5) is 5.69 Å². The van der Waals surface area contributed by atoms with Crippen LogP contribution in [0.3, 0.4) is 0 Å². The zero-order valence-electron chi connectivity index (χ0n) is 16.3. The average Bonchev–Trinajstić information content (AvgIpc) is 2.71. The number of rotatable bonds is 2. The molecule has 0 aliphatic heterocycles. The highest BCUT2D eigenvalue weighted by atomic mass is 16.3. The van der Waals surface area contributed by atoms with Crippen LogP contribution in [0.5, 0.6) is 5.75 Å². The Morgan fingerprint density at radius 1 is 1.19 bits per heavy atom. The number of phenolic OH excluding ortho intramolecular Hbond substituents is 1. The van der Waals surface area contributed by atoms with Crippen LogP contribution in [0, 0.1) is 11.3 Å². The number of hydrogen-bond donors (Lipinski definition) is 8. The van der Waals surface area contributed by atoms with E-state index in [9.17, 15) is 34.8 Å². The predicted octanol–water partition coefficient (Wildman–Crippen LogP) is -1.73. The monoisotopic (exact) mass is 430 g/mol. The summed E-state index contributed by atoms with van der Waals surface area (Å²) in [6.45, 7) is -0.201. The number of primary amides is 1. The van der Waals surface area contributed by atoms with E-state index in [0.29, 0.717) is 5.56 Å². The summed E-state index contributed by atoms with van der Waals surface area (Å²) < 4.78 is 0. The first-order valence-corrected chi connectivity index (χ1v) is 9.47. The number of fused-ring (bicyclic) bond motifs is 3. The highest BCUT2D eigenvalue weighted by molar-refractivity contribution is 6.24. The van der Waals surface area contributed by atoms with Crippen LogP contribution in [0.15, 0.2) is 29.0 Å². The molecular weight excluding hydrogens is 408 g/mol. The molecule has 0 unspecified atom stereocenters. The Hall–Kier alpha value is -3.41. The number of anilines is 1. The van der Waals surface area contributed by atoms with E-state index in [1.54, 1.807) is 0 Å². The van der Waals surface area contributed by atoms with Gasteiger partial charge in [-0.3, -0.25) is 14.4 Å². The number of amides is 1. The number of phenols is 1. The standard InChI is InChI=1S/C20H22N4O7/c21-5-19-3-6-8(22)1-2-9(25)10(6)14(26)12(19)17(29)20(31)7(4-19)13(23)15(27)11(16(20)28)18(24)30/h1-2,7,13,25-26,28,31H,3-5,21-23H2,(H2,24,30)/t7-,13-,19-,20+/m0/s1. The Morgan fingerprint density at radius 2 is 1.84 bits per heavy atom. The number of benzene rings is 1. The molecule has 0 bridgehead atoms. The van der Waals surface area contributed by atoms with Crippen LogP contribution in [-0.2, 0) is 20.8 Å². The Morgan fingerprint density at radius 3 is 2.42 bits per heavy atom. The molecule has 4 atom stereocenters. The third kappa shape index (κ3) is 2.36. The van der Waals surface area contributed by atoms with Crippen LogP contribution in [0.25, 0.3) is 5.76 Å². The molecule has 1 aromatic rings. The minimum Gasteiger partial charge on any atom is -0.508 e. The molecule has 12 N–H and O–H groups in total. The number of ketones is 2. The van der Waals surface area contributed by atoms with Crippen LogP contribution >= 0.6 is 0 Å². The van der Waals surface area contributed by atoms with Crippen LogP contribution < -0.4 is 22.9 Å². The molecule has 11 heteroatoms. The molecule has 0 aromatic heterocycles. The fourth-order valence-corrected chi connectivity index (χ4v) is 5.18. The van der Waals surface area contributed by atoms with Crippen molar-refractivity contribution in [3.05, 3.63) is 40.2 Å². The minimum atomic E-state index is -2.78. The second-order valence-corrected chi connectivity index (χ2v) is 8.30. The van der Waals surface area contributed by atoms with Crippen molar-refractivity contribution in [1.82, 2.24) is 0 Å². The third-order valence-electron chi connectivity index (χ3n) is 6.78. The van der Waals surface area contributed by atoms with Gasteiger partial charge in [0.25, 0.3) is 5.91 Å². The molecule has 11 nitrogen and oxygen atoms in total. The van der Waals surface area contributed by atoms with Gasteiger partial charge in [-0.15, -0.1) is 0 Å². The summed E-state index contributed by atoms with van der Waals surface area (Å²) in [5, 5.41) is 43.2. The van der Waals surface area contributed by atoms with Gasteiger partial charge in [0, 0.05) is 29.1 Å². The number of hydrogen-bond acceptors (Lipinski definition) is 10. The summed E-state index contributed by atoms with van der Waals surface area (Å²) in [5.41, 5.74) is 18.3. The number of nitrogen functional groups attached to an aromatic ring is 1. The van der Waals surface area contributed by atoms with Crippen molar-refractivity contribution in [1.29, 1.82) is 0 Å². The van der Waals surface area contributed by atoms with Crippen LogP contribution in [-0.4, -0.2) is 56.1 Å². The molecule has 164 valence electrons. The maximum atomic E-state index is 13.6. The maximum absolute atomic E-state index is 13.6. The molecule has 1 amide bonds. The molecule has 4 rings (SSSR count). The van der Waals surface area contributed by atoms with E-state index in [-0.39, 0.29) is 42.0 Å². The van der Waals surface area contributed by atoms with E-state index in [1.165, 1.54) is 12.1 Å². The summed E-state index contributed by atoms with van der Waals surface area (Å²) >= 11 is 0. The molecule has 3 aliphatic rings. The lowest BCUT2D eigenvalue weighted by Crippen LogP contribution is -2.67. The Balaban J connectivity index is 2.06. The van der Waals surface area contributed by atoms with E-state index in [4.69, 9.17) is 22.9 Å². The summed E-state index contributed by atoms with van der Waals surface area (Å²) in [6, 6.07) is 1.13. The molecular formula is C20H22N4O7. The van der Waals surface area contributed by atoms with Crippen molar-refractivity contribution >= 4 is 28.9 Å². The molecule has 3 aliphatic carbocycles. The number of nitrogens with two attached hydrogens (primary N) is 4. The number of aliphatic hydroxyl groups excluding tert-OH is 2. The third-order valence-corrected chi connectivity index (χ3v) is 6.78. The highest BCUT2D eigenvalue weighted by Crippen LogP contribution is 2.57. The molecule has 0 heterocycles. The second kappa shape index (κ2) is 6.30. The zero-order valence-corrected chi connectivity index (χ0v) is 16.3. The molecule has 1 fully saturated rings. The average molecular weight is 430 g/mol. The Kier molecular flexibility index (Phi) is 4.23. The first-order valence-electron chi connectivity index (χ1n) is 9.47. The van der Waals surface area contributed by atoms with Gasteiger partial charge >= 0.3 is 0 Å². The van der Waals surface area contributed by atoms with Gasteiger partial charge in [0.1, 0.15) is 22.8 Å². The lowest BCUT2D eigenvalue weighted by molar-refractivity contribution is -0.152. The largest absolute Gasteiger partial charge is 0.508 e. The molecule has 0 radical (unpaired) electrons. The normalized spacial score (nSPS) is 32.5. The van der Waals surface area contributed by atoms with Gasteiger partial charge in [-0.25, -0.2) is 0 Å². The van der Waals surface area contributed by atoms with Gasteiger partial charge in [0.2, 0.25) is 5.78 Å². The van der Waals surface area contributed by atoms with Gasteiger partial charge in [0.15, 0.2) is 11.4 Å². The number of Topliss-reactive ketones (excluding diaryl/α,β-unsaturated/α-hetero) is 2. The molecule has 0 spiro atoms. The summed E-state index contributed by atoms with van der Waals surface area (Å²) in [7, 11) is 0. The summed E-state index contributed by atoms with van der Waals surface area (Å²) in [4.78, 5) is 37.9. The van der Waals surface area contributed by atoms with Crippen molar-refractivity contribution in [3.8, 4) is 5.75 Å². The van der Waals surface area contributed by atoms with Gasteiger partial charge in [0.05, 0.1) is 11.6 Å². The smallest absolute Gasteiger partial charge is 0.255 e. The van der Waals surface area contributed by atoms with E-state index in [0.717, 1.165) is 0 Å². The number of aromatic hydroxyl groups is 1. The predicted molar refractivity (Wildman–Crippen MR) is 107 cm³/mol. The first-order chi connectivity index (χ1) is 14.4. The minimum absolute atomic E-state index is 0.00480. The highest BCUT2D eigenvalue weighted by Gasteiger charge is 2.66. The fraction of sp³-hybridized carbons (Fsp3) is 0.350. The van der Waals surface area contributed by atoms with Crippen LogP contribution in [0.2, 0.25) is 0 Å². The lowest BCUT2D eigenvalue weighted by Gasteiger charge is -2.53. The topological polar surface area (TPSA) is 236 Å². The van der Waals surface area contributed by atoms with Gasteiger partial charge in [-0.1, -0.05) is 0 Å². The van der Waals surface area contributed by atoms with E-state index in [2.05, 4.69) is 0 Å². The number of aliphatic hydroxyl groups is 3. The summed E-state index contributed by atoms with van der Waals surface area (Å²) in [5.74, 6) is -7.12. The van der Waals surface area contributed by atoms with Gasteiger partial charge in [-0.2, -0.15) is 0 Å². The van der Waals surface area contributed by atoms with Gasteiger partial charge < -0.3 is 43.4 Å². The Labute approximate surface area is 175 Å².